The number of aromatic carboxylic acids is 1. The first-order chi connectivity index (χ1) is 8.80. The van der Waals surface area contributed by atoms with Crippen LogP contribution >= 0.6 is 0 Å². The van der Waals surface area contributed by atoms with Gasteiger partial charge in [0.15, 0.2) is 5.76 Å². The van der Waals surface area contributed by atoms with Crippen LogP contribution in [0.2, 0.25) is 0 Å². The fourth-order valence-corrected chi connectivity index (χ4v) is 1.67. The molecule has 1 heterocycles. The Kier molecular flexibility index (Phi) is 3.05. The monoisotopic (exact) mass is 271 g/mol. The lowest BCUT2D eigenvalue weighted by molar-refractivity contribution is -0.138. The minimum Gasteiger partial charge on any atom is -0.477 e. The van der Waals surface area contributed by atoms with Crippen molar-refractivity contribution in [2.75, 3.05) is 0 Å². The summed E-state index contributed by atoms with van der Waals surface area (Å²) >= 11 is 0. The number of carbonyl (C=O) groups is 1. The van der Waals surface area contributed by atoms with Gasteiger partial charge in [0, 0.05) is 5.56 Å². The zero-order chi connectivity index (χ0) is 14.2. The minimum atomic E-state index is -4.51. The van der Waals surface area contributed by atoms with Gasteiger partial charge in [-0.15, -0.1) is 0 Å². The average molecular weight is 271 g/mol. The van der Waals surface area contributed by atoms with Crippen molar-refractivity contribution in [2.45, 2.75) is 13.1 Å². The summed E-state index contributed by atoms with van der Waals surface area (Å²) in [6.45, 7) is 1.32. The van der Waals surface area contributed by atoms with E-state index in [0.29, 0.717) is 0 Å². The van der Waals surface area contributed by atoms with E-state index in [2.05, 4.69) is 5.16 Å². The van der Waals surface area contributed by atoms with E-state index < -0.39 is 17.7 Å². The van der Waals surface area contributed by atoms with Crippen LogP contribution in [-0.4, -0.2) is 16.2 Å². The van der Waals surface area contributed by atoms with Gasteiger partial charge in [-0.3, -0.25) is 0 Å². The van der Waals surface area contributed by atoms with Crippen molar-refractivity contribution >= 4 is 5.97 Å². The second kappa shape index (κ2) is 4.42. The van der Waals surface area contributed by atoms with Gasteiger partial charge in [-0.1, -0.05) is 17.3 Å². The second-order valence-electron chi connectivity index (χ2n) is 3.90. The van der Waals surface area contributed by atoms with Gasteiger partial charge >= 0.3 is 12.1 Å². The van der Waals surface area contributed by atoms with E-state index >= 15 is 0 Å². The molecule has 0 fully saturated rings. The number of carboxylic acids is 1. The minimum absolute atomic E-state index is 0.0211. The van der Waals surface area contributed by atoms with Crippen LogP contribution < -0.4 is 0 Å². The average Bonchev–Trinajstić information content (AvgIpc) is 2.77. The summed E-state index contributed by atoms with van der Waals surface area (Å²) < 4.78 is 43.0. The molecule has 0 spiro atoms. The molecule has 0 amide bonds. The lowest BCUT2D eigenvalue weighted by Crippen LogP contribution is -2.07. The van der Waals surface area contributed by atoms with Crippen molar-refractivity contribution in [1.29, 1.82) is 0 Å². The number of halogens is 3. The predicted molar refractivity (Wildman–Crippen MR) is 58.6 cm³/mol. The molecule has 0 aliphatic carbocycles. The van der Waals surface area contributed by atoms with Crippen LogP contribution in [0.5, 0.6) is 0 Å². The van der Waals surface area contributed by atoms with Crippen LogP contribution in [0, 0.1) is 6.92 Å². The molecule has 0 saturated carbocycles. The van der Waals surface area contributed by atoms with Gasteiger partial charge in [0.2, 0.25) is 0 Å². The van der Waals surface area contributed by atoms with E-state index in [1.807, 2.05) is 0 Å². The van der Waals surface area contributed by atoms with Crippen molar-refractivity contribution in [3.63, 3.8) is 0 Å². The van der Waals surface area contributed by atoms with Gasteiger partial charge in [0.25, 0.3) is 0 Å². The Morgan fingerprint density at radius 2 is 2.05 bits per heavy atom. The Balaban J connectivity index is 2.58. The Morgan fingerprint density at radius 3 is 2.63 bits per heavy atom. The highest BCUT2D eigenvalue weighted by Crippen LogP contribution is 2.35. The molecule has 0 aliphatic heterocycles. The molecule has 0 atom stereocenters. The highest BCUT2D eigenvalue weighted by Gasteiger charge is 2.33. The topological polar surface area (TPSA) is 63.3 Å². The maximum Gasteiger partial charge on any atom is 0.416 e. The third-order valence-electron chi connectivity index (χ3n) is 2.61. The summed E-state index contributed by atoms with van der Waals surface area (Å²) in [5.41, 5.74) is -1.05. The molecular weight excluding hydrogens is 263 g/mol. The largest absolute Gasteiger partial charge is 0.477 e. The molecule has 100 valence electrons. The van der Waals surface area contributed by atoms with Gasteiger partial charge in [-0.05, 0) is 18.6 Å². The van der Waals surface area contributed by atoms with Crippen LogP contribution in [0.25, 0.3) is 11.3 Å². The molecule has 0 radical (unpaired) electrons. The first-order valence-electron chi connectivity index (χ1n) is 5.17. The van der Waals surface area contributed by atoms with E-state index in [-0.39, 0.29) is 22.5 Å². The van der Waals surface area contributed by atoms with Gasteiger partial charge < -0.3 is 9.63 Å². The number of nitrogens with zero attached hydrogens (tertiary/aromatic N) is 1. The molecule has 7 heteroatoms. The third-order valence-corrected chi connectivity index (χ3v) is 2.61. The lowest BCUT2D eigenvalue weighted by atomic mass is 10.0. The Labute approximate surface area is 105 Å². The van der Waals surface area contributed by atoms with Gasteiger partial charge in [0.1, 0.15) is 5.56 Å². The van der Waals surface area contributed by atoms with Crippen LogP contribution in [0.1, 0.15) is 21.5 Å². The van der Waals surface area contributed by atoms with E-state index in [0.717, 1.165) is 12.3 Å². The number of aryl methyl sites for hydroxylation is 1. The molecular formula is C12H8F3NO3. The standard InChI is InChI=1S/C12H8F3NO3/c1-6-2-3-7(4-9(6)12(13,14)15)10-8(11(17)18)5-16-19-10/h2-5H,1H3,(H,17,18). The zero-order valence-electron chi connectivity index (χ0n) is 9.65. The third kappa shape index (κ3) is 2.44. The van der Waals surface area contributed by atoms with Crippen molar-refractivity contribution < 1.29 is 27.6 Å². The normalized spacial score (nSPS) is 11.6. The number of benzene rings is 1. The van der Waals surface area contributed by atoms with Gasteiger partial charge in [0.05, 0.1) is 11.8 Å². The van der Waals surface area contributed by atoms with E-state index in [1.165, 1.54) is 19.1 Å². The highest BCUT2D eigenvalue weighted by atomic mass is 19.4. The van der Waals surface area contributed by atoms with Crippen molar-refractivity contribution in [3.05, 3.63) is 41.1 Å². The molecule has 2 rings (SSSR count). The maximum atomic E-state index is 12.8. The summed E-state index contributed by atoms with van der Waals surface area (Å²) in [7, 11) is 0. The number of alkyl halides is 3. The molecule has 0 aliphatic rings. The van der Waals surface area contributed by atoms with Crippen molar-refractivity contribution in [3.8, 4) is 11.3 Å². The van der Waals surface area contributed by atoms with Crippen LogP contribution in [0.15, 0.2) is 28.9 Å². The summed E-state index contributed by atoms with van der Waals surface area (Å²) in [6.07, 6.45) is -3.56. The molecule has 19 heavy (non-hydrogen) atoms. The molecule has 4 nitrogen and oxygen atoms in total. The summed E-state index contributed by atoms with van der Waals surface area (Å²) in [5.74, 6) is -1.51. The quantitative estimate of drug-likeness (QED) is 0.909. The first-order valence-corrected chi connectivity index (χ1v) is 5.17. The SMILES string of the molecule is Cc1ccc(-c2oncc2C(=O)O)cc1C(F)(F)F. The van der Waals surface area contributed by atoms with Crippen LogP contribution in [-0.2, 0) is 6.18 Å². The summed E-state index contributed by atoms with van der Waals surface area (Å²) in [6, 6.07) is 3.46. The molecule has 1 aromatic carbocycles. The van der Waals surface area contributed by atoms with Crippen LogP contribution in [0.3, 0.4) is 0 Å². The molecule has 0 unspecified atom stereocenters. The zero-order valence-corrected chi connectivity index (χ0v) is 9.65. The Morgan fingerprint density at radius 1 is 1.37 bits per heavy atom. The van der Waals surface area contributed by atoms with Crippen molar-refractivity contribution in [1.82, 2.24) is 5.16 Å². The van der Waals surface area contributed by atoms with E-state index in [9.17, 15) is 18.0 Å². The predicted octanol–water partition coefficient (Wildman–Crippen LogP) is 3.37. The molecule has 0 bridgehead atoms. The Hall–Kier alpha value is -2.31. The van der Waals surface area contributed by atoms with E-state index in [1.54, 1.807) is 0 Å². The number of rotatable bonds is 2. The van der Waals surface area contributed by atoms with Gasteiger partial charge in [-0.25, -0.2) is 4.79 Å². The number of aromatic nitrogens is 1. The summed E-state index contributed by atoms with van der Waals surface area (Å²) in [5, 5.41) is 12.2. The molecule has 1 N–H and O–H groups in total. The lowest BCUT2D eigenvalue weighted by Gasteiger charge is -2.11. The second-order valence-corrected chi connectivity index (χ2v) is 3.90. The maximum absolute atomic E-state index is 12.8. The smallest absolute Gasteiger partial charge is 0.416 e. The molecule has 2 aromatic rings. The summed E-state index contributed by atoms with van der Waals surface area (Å²) in [4.78, 5) is 10.9. The van der Waals surface area contributed by atoms with Crippen LogP contribution in [0.4, 0.5) is 13.2 Å². The molecule has 1 aromatic heterocycles. The van der Waals surface area contributed by atoms with Gasteiger partial charge in [-0.2, -0.15) is 13.2 Å². The fourth-order valence-electron chi connectivity index (χ4n) is 1.67. The Bertz CT molecular complexity index is 631. The molecule has 0 saturated heterocycles. The number of hydrogen-bond acceptors (Lipinski definition) is 3. The number of carboxylic acid groups (broad SMARTS) is 1. The number of hydrogen-bond donors (Lipinski definition) is 1. The fraction of sp³-hybridized carbons (Fsp3) is 0.167. The van der Waals surface area contributed by atoms with E-state index in [4.69, 9.17) is 9.63 Å². The van der Waals surface area contributed by atoms with Crippen molar-refractivity contribution in [2.24, 2.45) is 0 Å². The first kappa shape index (κ1) is 13.1. The highest BCUT2D eigenvalue weighted by molar-refractivity contribution is 5.93.